The van der Waals surface area contributed by atoms with E-state index in [1.54, 1.807) is 30.6 Å². The molecule has 0 aliphatic heterocycles. The van der Waals surface area contributed by atoms with Gasteiger partial charge in [0.1, 0.15) is 10.8 Å². The Kier molecular flexibility index (Phi) is 4.78. The van der Waals surface area contributed by atoms with E-state index >= 15 is 0 Å². The van der Waals surface area contributed by atoms with E-state index in [0.717, 1.165) is 38.7 Å². The van der Waals surface area contributed by atoms with Crippen molar-refractivity contribution >= 4 is 27.0 Å². The lowest BCUT2D eigenvalue weighted by Crippen LogP contribution is -2.09. The summed E-state index contributed by atoms with van der Waals surface area (Å²) in [7, 11) is -1.63. The van der Waals surface area contributed by atoms with Gasteiger partial charge in [0, 0.05) is 21.7 Å². The summed E-state index contributed by atoms with van der Waals surface area (Å²) in [5, 5.41) is 0.921. The number of anilines is 1. The number of nitrogens with one attached hydrogen (secondary N) is 1. The van der Waals surface area contributed by atoms with Gasteiger partial charge in [-0.1, -0.05) is 24.3 Å². The zero-order valence-electron chi connectivity index (χ0n) is 14.1. The van der Waals surface area contributed by atoms with Gasteiger partial charge in [-0.15, -0.1) is 11.3 Å². The van der Waals surface area contributed by atoms with Crippen molar-refractivity contribution in [2.24, 2.45) is 0 Å². The maximum Gasteiger partial charge on any atom is 0.229 e. The molecule has 3 rings (SSSR count). The van der Waals surface area contributed by atoms with Crippen LogP contribution in [0.2, 0.25) is 0 Å². The molecule has 1 N–H and O–H groups in total. The first-order valence-corrected chi connectivity index (χ1v) is 10.3. The molecule has 0 bridgehead atoms. The maximum atomic E-state index is 11.3. The number of aryl methyl sites for hydroxylation is 1. The summed E-state index contributed by atoms with van der Waals surface area (Å²) in [6.07, 6.45) is 1.13. The first-order chi connectivity index (χ1) is 11.9. The number of aromatic nitrogens is 1. The van der Waals surface area contributed by atoms with Crippen LogP contribution in [0.4, 0.5) is 5.69 Å². The van der Waals surface area contributed by atoms with Crippen molar-refractivity contribution < 1.29 is 13.2 Å². The van der Waals surface area contributed by atoms with E-state index in [9.17, 15) is 8.42 Å². The van der Waals surface area contributed by atoms with Crippen molar-refractivity contribution in [3.8, 4) is 27.6 Å². The van der Waals surface area contributed by atoms with Crippen LogP contribution in [-0.2, 0) is 10.0 Å². The molecule has 0 fully saturated rings. The minimum atomic E-state index is -3.28. The predicted octanol–water partition coefficient (Wildman–Crippen LogP) is 4.17. The molecule has 0 amide bonds. The molecule has 25 heavy (non-hydrogen) atoms. The van der Waals surface area contributed by atoms with Crippen LogP contribution in [0.1, 0.15) is 4.88 Å². The van der Waals surface area contributed by atoms with E-state index in [2.05, 4.69) is 4.72 Å². The Bertz CT molecular complexity index is 993. The highest BCUT2D eigenvalue weighted by molar-refractivity contribution is 7.92. The standard InChI is InChI=1S/C18H18N2O3S2/c1-12-17(13-7-9-15(10-8-13)20-25(3,21)22)19-18(24-12)14-5-4-6-16(11-14)23-2/h4-11,20H,1-3H3. The Morgan fingerprint density at radius 2 is 1.80 bits per heavy atom. The van der Waals surface area contributed by atoms with Gasteiger partial charge in [-0.2, -0.15) is 0 Å². The van der Waals surface area contributed by atoms with E-state index in [0.29, 0.717) is 5.69 Å². The van der Waals surface area contributed by atoms with Crippen LogP contribution >= 0.6 is 11.3 Å². The molecule has 0 saturated heterocycles. The average molecular weight is 374 g/mol. The van der Waals surface area contributed by atoms with Gasteiger partial charge in [-0.25, -0.2) is 13.4 Å². The van der Waals surface area contributed by atoms with Crippen LogP contribution in [0.3, 0.4) is 0 Å². The molecule has 0 radical (unpaired) electrons. The minimum absolute atomic E-state index is 0.534. The Labute approximate surface area is 151 Å². The zero-order chi connectivity index (χ0) is 18.0. The van der Waals surface area contributed by atoms with E-state index in [4.69, 9.17) is 9.72 Å². The summed E-state index contributed by atoms with van der Waals surface area (Å²) < 4.78 is 30.3. The first-order valence-electron chi connectivity index (χ1n) is 7.56. The first kappa shape index (κ1) is 17.4. The average Bonchev–Trinajstić information content (AvgIpc) is 2.96. The summed E-state index contributed by atoms with van der Waals surface area (Å²) in [6, 6.07) is 15.0. The minimum Gasteiger partial charge on any atom is -0.497 e. The summed E-state index contributed by atoms with van der Waals surface area (Å²) in [6.45, 7) is 2.03. The second-order valence-electron chi connectivity index (χ2n) is 5.61. The van der Waals surface area contributed by atoms with Crippen LogP contribution in [0.15, 0.2) is 48.5 Å². The Hall–Kier alpha value is -2.38. The maximum absolute atomic E-state index is 11.3. The van der Waals surface area contributed by atoms with Gasteiger partial charge >= 0.3 is 0 Å². The number of hydrogen-bond acceptors (Lipinski definition) is 5. The van der Waals surface area contributed by atoms with Crippen LogP contribution in [0.25, 0.3) is 21.8 Å². The fourth-order valence-electron chi connectivity index (χ4n) is 2.45. The number of ether oxygens (including phenoxy) is 1. The van der Waals surface area contributed by atoms with Crippen LogP contribution < -0.4 is 9.46 Å². The molecule has 2 aromatic carbocycles. The van der Waals surface area contributed by atoms with Gasteiger partial charge in [0.05, 0.1) is 19.1 Å². The summed E-state index contributed by atoms with van der Waals surface area (Å²) >= 11 is 1.62. The lowest BCUT2D eigenvalue weighted by Gasteiger charge is -2.05. The van der Waals surface area contributed by atoms with Crippen molar-refractivity contribution in [1.29, 1.82) is 0 Å². The van der Waals surface area contributed by atoms with Gasteiger partial charge in [-0.3, -0.25) is 4.72 Å². The fourth-order valence-corrected chi connectivity index (χ4v) is 3.95. The highest BCUT2D eigenvalue weighted by Crippen LogP contribution is 2.34. The van der Waals surface area contributed by atoms with Crippen molar-refractivity contribution in [1.82, 2.24) is 4.98 Å². The van der Waals surface area contributed by atoms with E-state index < -0.39 is 10.0 Å². The summed E-state index contributed by atoms with van der Waals surface area (Å²) in [4.78, 5) is 5.85. The van der Waals surface area contributed by atoms with Crippen molar-refractivity contribution in [2.45, 2.75) is 6.92 Å². The second kappa shape index (κ2) is 6.85. The third-order valence-corrected chi connectivity index (χ3v) is 5.20. The molecule has 0 atom stereocenters. The fraction of sp³-hybridized carbons (Fsp3) is 0.167. The third-order valence-electron chi connectivity index (χ3n) is 3.57. The molecule has 0 saturated carbocycles. The molecule has 1 aromatic heterocycles. The largest absolute Gasteiger partial charge is 0.497 e. The normalized spacial score (nSPS) is 11.3. The van der Waals surface area contributed by atoms with E-state index in [-0.39, 0.29) is 0 Å². The van der Waals surface area contributed by atoms with E-state index in [1.807, 2.05) is 43.3 Å². The molecule has 0 aliphatic carbocycles. The SMILES string of the molecule is COc1cccc(-c2nc(-c3ccc(NS(C)(=O)=O)cc3)c(C)s2)c1. The number of benzene rings is 2. The van der Waals surface area contributed by atoms with Crippen LogP contribution in [0.5, 0.6) is 5.75 Å². The highest BCUT2D eigenvalue weighted by Gasteiger charge is 2.12. The predicted molar refractivity (Wildman–Crippen MR) is 103 cm³/mol. The topological polar surface area (TPSA) is 68.3 Å². The van der Waals surface area contributed by atoms with Gasteiger partial charge < -0.3 is 4.74 Å². The van der Waals surface area contributed by atoms with E-state index in [1.165, 1.54) is 0 Å². The molecule has 0 spiro atoms. The molecule has 130 valence electrons. The molecule has 3 aromatic rings. The van der Waals surface area contributed by atoms with Crippen molar-refractivity contribution in [3.63, 3.8) is 0 Å². The Morgan fingerprint density at radius 1 is 1.08 bits per heavy atom. The summed E-state index contributed by atoms with van der Waals surface area (Å²) in [5.41, 5.74) is 3.39. The zero-order valence-corrected chi connectivity index (χ0v) is 15.7. The molecular weight excluding hydrogens is 356 g/mol. The number of methoxy groups -OCH3 is 1. The quantitative estimate of drug-likeness (QED) is 0.728. The Morgan fingerprint density at radius 3 is 2.44 bits per heavy atom. The van der Waals surface area contributed by atoms with Crippen LogP contribution in [-0.4, -0.2) is 26.8 Å². The molecule has 0 aliphatic rings. The van der Waals surface area contributed by atoms with Crippen LogP contribution in [0, 0.1) is 6.92 Å². The van der Waals surface area contributed by atoms with Gasteiger partial charge in [0.25, 0.3) is 0 Å². The number of sulfonamides is 1. The lowest BCUT2D eigenvalue weighted by atomic mass is 10.1. The number of hydrogen-bond donors (Lipinski definition) is 1. The smallest absolute Gasteiger partial charge is 0.229 e. The van der Waals surface area contributed by atoms with Crippen molar-refractivity contribution in [3.05, 3.63) is 53.4 Å². The Balaban J connectivity index is 1.92. The molecule has 1 heterocycles. The van der Waals surface area contributed by atoms with Gasteiger partial charge in [0.15, 0.2) is 0 Å². The number of nitrogens with zero attached hydrogens (tertiary/aromatic N) is 1. The molecule has 5 nitrogen and oxygen atoms in total. The monoisotopic (exact) mass is 374 g/mol. The second-order valence-corrected chi connectivity index (χ2v) is 8.56. The molecule has 7 heteroatoms. The van der Waals surface area contributed by atoms with Gasteiger partial charge in [-0.05, 0) is 31.2 Å². The molecular formula is C18H18N2O3S2. The lowest BCUT2D eigenvalue weighted by molar-refractivity contribution is 0.415. The number of rotatable bonds is 5. The molecule has 0 unspecified atom stereocenters. The number of thiazole rings is 1. The highest BCUT2D eigenvalue weighted by atomic mass is 32.2. The van der Waals surface area contributed by atoms with Crippen molar-refractivity contribution in [2.75, 3.05) is 18.1 Å². The third kappa shape index (κ3) is 4.18. The van der Waals surface area contributed by atoms with Gasteiger partial charge in [0.2, 0.25) is 10.0 Å². The summed E-state index contributed by atoms with van der Waals surface area (Å²) in [5.74, 6) is 0.795.